The van der Waals surface area contributed by atoms with Crippen LogP contribution in [0.2, 0.25) is 0 Å². The Morgan fingerprint density at radius 2 is 2.10 bits per heavy atom. The third-order valence-electron chi connectivity index (χ3n) is 2.79. The van der Waals surface area contributed by atoms with Gasteiger partial charge in [0.15, 0.2) is 0 Å². The van der Waals surface area contributed by atoms with E-state index in [1.54, 1.807) is 6.92 Å². The van der Waals surface area contributed by atoms with Gasteiger partial charge in [-0.25, -0.2) is 9.18 Å². The largest absolute Gasteiger partial charge is 0.465 e. The highest BCUT2D eigenvalue weighted by Crippen LogP contribution is 2.18. The maximum absolute atomic E-state index is 13.2. The van der Waals surface area contributed by atoms with E-state index in [0.717, 1.165) is 12.6 Å². The Balaban J connectivity index is 2.86. The quantitative estimate of drug-likeness (QED) is 0.781. The minimum absolute atomic E-state index is 0.00324. The lowest BCUT2D eigenvalue weighted by Crippen LogP contribution is -2.30. The van der Waals surface area contributed by atoms with Gasteiger partial charge < -0.3 is 15.4 Å². The van der Waals surface area contributed by atoms with Crippen LogP contribution in [0.1, 0.15) is 24.2 Å². The van der Waals surface area contributed by atoms with Crippen molar-refractivity contribution >= 4 is 17.6 Å². The van der Waals surface area contributed by atoms with E-state index in [0.29, 0.717) is 6.54 Å². The highest BCUT2D eigenvalue weighted by atomic mass is 19.1. The summed E-state index contributed by atoms with van der Waals surface area (Å²) in [5, 5.41) is 5.68. The van der Waals surface area contributed by atoms with Crippen molar-refractivity contribution in [3.63, 3.8) is 0 Å². The van der Waals surface area contributed by atoms with Gasteiger partial charge in [0.1, 0.15) is 5.82 Å². The van der Waals surface area contributed by atoms with E-state index in [9.17, 15) is 14.0 Å². The second kappa shape index (κ2) is 7.59. The lowest BCUT2D eigenvalue weighted by atomic mass is 10.1. The predicted octanol–water partition coefficient (Wildman–Crippen LogP) is 1.80. The molecule has 0 bridgehead atoms. The number of carbonyl (C=O) groups is 2. The minimum atomic E-state index is -0.695. The zero-order chi connectivity index (χ0) is 15.1. The summed E-state index contributed by atoms with van der Waals surface area (Å²) in [5.74, 6) is -1.78. The molecule has 20 heavy (non-hydrogen) atoms. The van der Waals surface area contributed by atoms with Crippen molar-refractivity contribution in [3.05, 3.63) is 29.6 Å². The number of esters is 1. The fourth-order valence-corrected chi connectivity index (χ4v) is 1.61. The van der Waals surface area contributed by atoms with Crippen molar-refractivity contribution in [3.8, 4) is 0 Å². The number of rotatable bonds is 6. The summed E-state index contributed by atoms with van der Waals surface area (Å²) in [6.45, 7) is 5.00. The molecule has 0 spiro atoms. The molecule has 0 saturated carbocycles. The van der Waals surface area contributed by atoms with Crippen LogP contribution in [-0.2, 0) is 9.53 Å². The van der Waals surface area contributed by atoms with E-state index in [1.165, 1.54) is 19.2 Å². The van der Waals surface area contributed by atoms with Crippen LogP contribution in [0.25, 0.3) is 0 Å². The average molecular weight is 282 g/mol. The number of benzene rings is 1. The number of amides is 1. The van der Waals surface area contributed by atoms with Gasteiger partial charge in [0.05, 0.1) is 18.4 Å². The first kappa shape index (κ1) is 16.1. The molecule has 1 aromatic rings. The van der Waals surface area contributed by atoms with Gasteiger partial charge in [0.2, 0.25) is 5.91 Å². The first-order chi connectivity index (χ1) is 9.49. The molecule has 0 heterocycles. The molecular weight excluding hydrogens is 263 g/mol. The second-order valence-electron chi connectivity index (χ2n) is 4.38. The third kappa shape index (κ3) is 4.31. The second-order valence-corrected chi connectivity index (χ2v) is 4.38. The fraction of sp³-hybridized carbons (Fsp3) is 0.429. The SMILES string of the molecule is CCNCC(C)C(=O)Nc1ccc(F)cc1C(=O)OC. The zero-order valence-corrected chi connectivity index (χ0v) is 11.8. The van der Waals surface area contributed by atoms with E-state index in [2.05, 4.69) is 15.4 Å². The van der Waals surface area contributed by atoms with Crippen molar-refractivity contribution in [2.45, 2.75) is 13.8 Å². The number of halogens is 1. The topological polar surface area (TPSA) is 67.4 Å². The van der Waals surface area contributed by atoms with Crippen LogP contribution in [0.5, 0.6) is 0 Å². The van der Waals surface area contributed by atoms with Crippen molar-refractivity contribution < 1.29 is 18.7 Å². The number of methoxy groups -OCH3 is 1. The van der Waals surface area contributed by atoms with Gasteiger partial charge in [-0.1, -0.05) is 13.8 Å². The third-order valence-corrected chi connectivity index (χ3v) is 2.79. The highest BCUT2D eigenvalue weighted by Gasteiger charge is 2.18. The summed E-state index contributed by atoms with van der Waals surface area (Å²) in [6, 6.07) is 3.56. The van der Waals surface area contributed by atoms with Gasteiger partial charge in [-0.3, -0.25) is 4.79 Å². The van der Waals surface area contributed by atoms with Gasteiger partial charge in [0, 0.05) is 12.5 Å². The van der Waals surface area contributed by atoms with Crippen LogP contribution in [0.4, 0.5) is 10.1 Å². The molecule has 0 aliphatic heterocycles. The molecule has 6 heteroatoms. The molecule has 1 unspecified atom stereocenters. The van der Waals surface area contributed by atoms with Crippen molar-refractivity contribution in [1.29, 1.82) is 0 Å². The lowest BCUT2D eigenvalue weighted by molar-refractivity contribution is -0.119. The van der Waals surface area contributed by atoms with Crippen LogP contribution in [0.3, 0.4) is 0 Å². The van der Waals surface area contributed by atoms with Crippen LogP contribution in [0.15, 0.2) is 18.2 Å². The first-order valence-electron chi connectivity index (χ1n) is 6.39. The Kier molecular flexibility index (Phi) is 6.11. The number of hydrogen-bond donors (Lipinski definition) is 2. The Hall–Kier alpha value is -1.95. The van der Waals surface area contributed by atoms with Gasteiger partial charge in [-0.05, 0) is 24.7 Å². The summed E-state index contributed by atoms with van der Waals surface area (Å²) in [5.41, 5.74) is 0.239. The molecule has 5 nitrogen and oxygen atoms in total. The summed E-state index contributed by atoms with van der Waals surface area (Å²) in [7, 11) is 1.20. The summed E-state index contributed by atoms with van der Waals surface area (Å²) in [6.07, 6.45) is 0. The number of ether oxygens (including phenoxy) is 1. The van der Waals surface area contributed by atoms with Crippen molar-refractivity contribution in [1.82, 2.24) is 5.32 Å². The predicted molar refractivity (Wildman–Crippen MR) is 74.1 cm³/mol. The number of carbonyl (C=O) groups excluding carboxylic acids is 2. The van der Waals surface area contributed by atoms with Crippen LogP contribution >= 0.6 is 0 Å². The Morgan fingerprint density at radius 1 is 1.40 bits per heavy atom. The van der Waals surface area contributed by atoms with Gasteiger partial charge in [-0.2, -0.15) is 0 Å². The monoisotopic (exact) mass is 282 g/mol. The van der Waals surface area contributed by atoms with Crippen molar-refractivity contribution in [2.75, 3.05) is 25.5 Å². The van der Waals surface area contributed by atoms with Gasteiger partial charge in [-0.15, -0.1) is 0 Å². The number of hydrogen-bond acceptors (Lipinski definition) is 4. The van der Waals surface area contributed by atoms with Crippen molar-refractivity contribution in [2.24, 2.45) is 5.92 Å². The van der Waals surface area contributed by atoms with E-state index in [-0.39, 0.29) is 23.1 Å². The molecule has 1 aromatic carbocycles. The van der Waals surface area contributed by atoms with Crippen LogP contribution < -0.4 is 10.6 Å². The Bertz CT molecular complexity index is 491. The summed E-state index contributed by atoms with van der Waals surface area (Å²) < 4.78 is 17.7. The summed E-state index contributed by atoms with van der Waals surface area (Å²) in [4.78, 5) is 23.5. The molecule has 0 aliphatic rings. The number of nitrogens with one attached hydrogen (secondary N) is 2. The van der Waals surface area contributed by atoms with E-state index < -0.39 is 11.8 Å². The molecule has 0 saturated heterocycles. The molecule has 1 rings (SSSR count). The van der Waals surface area contributed by atoms with E-state index in [1.807, 2.05) is 6.92 Å². The van der Waals surface area contributed by atoms with Gasteiger partial charge >= 0.3 is 5.97 Å². The van der Waals surface area contributed by atoms with E-state index >= 15 is 0 Å². The fourth-order valence-electron chi connectivity index (χ4n) is 1.61. The smallest absolute Gasteiger partial charge is 0.340 e. The van der Waals surface area contributed by atoms with Gasteiger partial charge in [0.25, 0.3) is 0 Å². The highest BCUT2D eigenvalue weighted by molar-refractivity contribution is 6.01. The standard InChI is InChI=1S/C14H19FN2O3/c1-4-16-8-9(2)13(18)17-12-6-5-10(15)7-11(12)14(19)20-3/h5-7,9,16H,4,8H2,1-3H3,(H,17,18). The average Bonchev–Trinajstić information content (AvgIpc) is 2.45. The Labute approximate surface area is 117 Å². The molecule has 0 aromatic heterocycles. The molecule has 0 aliphatic carbocycles. The molecule has 1 atom stereocenters. The molecule has 2 N–H and O–H groups in total. The lowest BCUT2D eigenvalue weighted by Gasteiger charge is -2.14. The zero-order valence-electron chi connectivity index (χ0n) is 11.8. The molecular formula is C14H19FN2O3. The Morgan fingerprint density at radius 3 is 2.70 bits per heavy atom. The molecule has 0 fully saturated rings. The van der Waals surface area contributed by atoms with Crippen LogP contribution in [0, 0.1) is 11.7 Å². The normalized spacial score (nSPS) is 11.8. The molecule has 110 valence electrons. The first-order valence-corrected chi connectivity index (χ1v) is 6.39. The maximum atomic E-state index is 13.2. The van der Waals surface area contributed by atoms with Crippen LogP contribution in [-0.4, -0.2) is 32.1 Å². The maximum Gasteiger partial charge on any atom is 0.340 e. The summed E-state index contributed by atoms with van der Waals surface area (Å²) >= 11 is 0. The number of anilines is 1. The molecule has 1 amide bonds. The minimum Gasteiger partial charge on any atom is -0.465 e. The van der Waals surface area contributed by atoms with E-state index in [4.69, 9.17) is 0 Å². The molecule has 0 radical (unpaired) electrons.